The van der Waals surface area contributed by atoms with Gasteiger partial charge in [0.15, 0.2) is 0 Å². The van der Waals surface area contributed by atoms with Crippen LogP contribution in [0, 0.1) is 0 Å². The second kappa shape index (κ2) is 38.9. The maximum absolute atomic E-state index is 6.24. The van der Waals surface area contributed by atoms with Crippen LogP contribution < -0.4 is 5.32 Å². The Bertz CT molecular complexity index is 624. The number of hydrogen-bond acceptors (Lipinski definition) is 3. The molecule has 1 N–H and O–H groups in total. The predicted molar refractivity (Wildman–Crippen MR) is 193 cm³/mol. The Kier molecular flexibility index (Phi) is 37.8. The Morgan fingerprint density at radius 1 is 0.488 bits per heavy atom. The molecule has 3 nitrogen and oxygen atoms in total. The van der Waals surface area contributed by atoms with Gasteiger partial charge in [-0.1, -0.05) is 140 Å². The molecule has 0 heterocycles. The van der Waals surface area contributed by atoms with Crippen molar-refractivity contribution in [2.45, 2.75) is 175 Å². The molecule has 0 aliphatic carbocycles. The molecule has 0 aromatic rings. The van der Waals surface area contributed by atoms with Gasteiger partial charge in [0.1, 0.15) is 0 Å². The van der Waals surface area contributed by atoms with Gasteiger partial charge in [-0.3, -0.25) is 0 Å². The molecule has 252 valence electrons. The summed E-state index contributed by atoms with van der Waals surface area (Å²) in [6.45, 7) is 11.2. The molecule has 3 heteroatoms. The second-order valence-electron chi connectivity index (χ2n) is 12.2. The molecule has 0 saturated carbocycles. The van der Waals surface area contributed by atoms with E-state index in [0.29, 0.717) is 0 Å². The minimum absolute atomic E-state index is 0.229. The van der Waals surface area contributed by atoms with E-state index in [2.05, 4.69) is 74.7 Å². The summed E-state index contributed by atoms with van der Waals surface area (Å²) in [5.74, 6) is 0. The normalized spacial score (nSPS) is 13.1. The van der Waals surface area contributed by atoms with Crippen molar-refractivity contribution >= 4 is 0 Å². The summed E-state index contributed by atoms with van der Waals surface area (Å²) in [6, 6.07) is 0. The van der Waals surface area contributed by atoms with Crippen molar-refractivity contribution < 1.29 is 9.47 Å². The molecule has 1 unspecified atom stereocenters. The Balaban J connectivity index is 3.64. The molecule has 0 aromatic carbocycles. The number of ether oxygens (including phenoxy) is 2. The standard InChI is InChI=1S/C40H75NO2/c1-4-7-9-11-13-15-17-19-21-22-23-25-27-29-31-33-37-42-39-40(35-36-41-6-3)43-38-34-32-30-28-26-24-20-18-16-14-12-10-8-5-2/h10,12-13,15-16,18-19,21,40-41H,4-9,11,14,17,20,22-39H2,1-3H3/b12-10-,15-13-,18-16-,21-19-. The van der Waals surface area contributed by atoms with Gasteiger partial charge in [-0.2, -0.15) is 0 Å². The predicted octanol–water partition coefficient (Wildman–Crippen LogP) is 12.2. The van der Waals surface area contributed by atoms with Gasteiger partial charge >= 0.3 is 0 Å². The molecule has 0 aliphatic heterocycles. The smallest absolute Gasteiger partial charge is 0.0820 e. The summed E-state index contributed by atoms with van der Waals surface area (Å²) in [4.78, 5) is 0. The Hall–Kier alpha value is -1.16. The Labute approximate surface area is 270 Å². The molecule has 0 rings (SSSR count). The van der Waals surface area contributed by atoms with Crippen LogP contribution in [0.3, 0.4) is 0 Å². The van der Waals surface area contributed by atoms with Crippen molar-refractivity contribution in [1.82, 2.24) is 5.32 Å². The summed E-state index contributed by atoms with van der Waals surface area (Å²) in [5, 5.41) is 3.44. The number of rotatable bonds is 35. The molecule has 0 radical (unpaired) electrons. The number of hydrogen-bond donors (Lipinski definition) is 1. The van der Waals surface area contributed by atoms with Crippen LogP contribution in [-0.2, 0) is 9.47 Å². The molecule has 0 amide bonds. The van der Waals surface area contributed by atoms with E-state index < -0.39 is 0 Å². The van der Waals surface area contributed by atoms with Gasteiger partial charge in [-0.25, -0.2) is 0 Å². The molecule has 43 heavy (non-hydrogen) atoms. The third-order valence-electron chi connectivity index (χ3n) is 7.87. The summed E-state index contributed by atoms with van der Waals surface area (Å²) < 4.78 is 12.3. The van der Waals surface area contributed by atoms with Gasteiger partial charge in [-0.05, 0) is 90.1 Å². The largest absolute Gasteiger partial charge is 0.379 e. The van der Waals surface area contributed by atoms with E-state index in [9.17, 15) is 0 Å². The number of allylic oxidation sites excluding steroid dienone is 8. The van der Waals surface area contributed by atoms with E-state index in [1.165, 1.54) is 128 Å². The maximum atomic E-state index is 6.24. The molecule has 0 fully saturated rings. The van der Waals surface area contributed by atoms with Crippen LogP contribution in [-0.4, -0.2) is 39.0 Å². The Morgan fingerprint density at radius 3 is 1.51 bits per heavy atom. The van der Waals surface area contributed by atoms with Crippen LogP contribution >= 0.6 is 0 Å². The molecular formula is C40H75NO2. The molecule has 0 saturated heterocycles. The molecule has 0 bridgehead atoms. The lowest BCUT2D eigenvalue weighted by atomic mass is 10.1. The summed E-state index contributed by atoms with van der Waals surface area (Å²) in [6.07, 6.45) is 47.9. The van der Waals surface area contributed by atoms with Crippen molar-refractivity contribution in [2.75, 3.05) is 32.9 Å². The van der Waals surface area contributed by atoms with Gasteiger partial charge in [0.25, 0.3) is 0 Å². The van der Waals surface area contributed by atoms with Gasteiger partial charge in [0.2, 0.25) is 0 Å². The van der Waals surface area contributed by atoms with Crippen LogP contribution in [0.4, 0.5) is 0 Å². The summed E-state index contributed by atoms with van der Waals surface area (Å²) in [5.41, 5.74) is 0. The van der Waals surface area contributed by atoms with Gasteiger partial charge in [0, 0.05) is 13.2 Å². The van der Waals surface area contributed by atoms with Crippen LogP contribution in [0.2, 0.25) is 0 Å². The molecule has 1 atom stereocenters. The van der Waals surface area contributed by atoms with Crippen LogP contribution in [0.15, 0.2) is 48.6 Å². The zero-order valence-corrected chi connectivity index (χ0v) is 29.3. The lowest BCUT2D eigenvalue weighted by Gasteiger charge is -2.18. The minimum Gasteiger partial charge on any atom is -0.379 e. The first-order chi connectivity index (χ1) is 21.3. The van der Waals surface area contributed by atoms with E-state index >= 15 is 0 Å². The van der Waals surface area contributed by atoms with Crippen molar-refractivity contribution in [3.63, 3.8) is 0 Å². The molecule has 0 aliphatic rings. The highest BCUT2D eigenvalue weighted by Gasteiger charge is 2.09. The van der Waals surface area contributed by atoms with E-state index in [-0.39, 0.29) is 6.10 Å². The van der Waals surface area contributed by atoms with Crippen molar-refractivity contribution in [1.29, 1.82) is 0 Å². The average molecular weight is 602 g/mol. The van der Waals surface area contributed by atoms with E-state index in [1.54, 1.807) is 0 Å². The summed E-state index contributed by atoms with van der Waals surface area (Å²) in [7, 11) is 0. The number of nitrogens with one attached hydrogen (secondary N) is 1. The van der Waals surface area contributed by atoms with Crippen molar-refractivity contribution in [3.05, 3.63) is 48.6 Å². The quantitative estimate of drug-likeness (QED) is 0.0579. The van der Waals surface area contributed by atoms with Gasteiger partial charge in [-0.15, -0.1) is 0 Å². The fourth-order valence-electron chi connectivity index (χ4n) is 5.06. The van der Waals surface area contributed by atoms with E-state index in [4.69, 9.17) is 9.47 Å². The van der Waals surface area contributed by atoms with Gasteiger partial charge in [0.05, 0.1) is 12.7 Å². The Morgan fingerprint density at radius 2 is 0.977 bits per heavy atom. The third kappa shape index (κ3) is 36.9. The van der Waals surface area contributed by atoms with Crippen molar-refractivity contribution in [2.24, 2.45) is 0 Å². The second-order valence-corrected chi connectivity index (χ2v) is 12.2. The highest BCUT2D eigenvalue weighted by molar-refractivity contribution is 4.93. The van der Waals surface area contributed by atoms with E-state index in [0.717, 1.165) is 52.2 Å². The number of unbranched alkanes of at least 4 members (excludes halogenated alkanes) is 16. The summed E-state index contributed by atoms with van der Waals surface area (Å²) >= 11 is 0. The topological polar surface area (TPSA) is 30.5 Å². The zero-order chi connectivity index (χ0) is 31.2. The average Bonchev–Trinajstić information content (AvgIpc) is 3.02. The van der Waals surface area contributed by atoms with Gasteiger partial charge < -0.3 is 14.8 Å². The monoisotopic (exact) mass is 602 g/mol. The molecular weight excluding hydrogens is 526 g/mol. The first-order valence-corrected chi connectivity index (χ1v) is 18.8. The third-order valence-corrected chi connectivity index (χ3v) is 7.87. The highest BCUT2D eigenvalue weighted by atomic mass is 16.5. The SMILES string of the molecule is CCC/C=C\C/C=C\CCCCCCCCOC(CCNCC)COCCCCCCCC/C=C\C/C=C\CCCCC. The lowest BCUT2D eigenvalue weighted by molar-refractivity contribution is -0.0220. The fourth-order valence-corrected chi connectivity index (χ4v) is 5.06. The molecule has 0 spiro atoms. The van der Waals surface area contributed by atoms with E-state index in [1.807, 2.05) is 0 Å². The zero-order valence-electron chi connectivity index (χ0n) is 29.3. The first kappa shape index (κ1) is 41.8. The van der Waals surface area contributed by atoms with Crippen LogP contribution in [0.5, 0.6) is 0 Å². The minimum atomic E-state index is 0.229. The molecule has 0 aromatic heterocycles. The van der Waals surface area contributed by atoms with Crippen molar-refractivity contribution in [3.8, 4) is 0 Å². The first-order valence-electron chi connectivity index (χ1n) is 18.8. The highest BCUT2D eigenvalue weighted by Crippen LogP contribution is 2.11. The van der Waals surface area contributed by atoms with Crippen LogP contribution in [0.25, 0.3) is 0 Å². The van der Waals surface area contributed by atoms with Crippen LogP contribution in [0.1, 0.15) is 168 Å². The lowest BCUT2D eigenvalue weighted by Crippen LogP contribution is -2.26. The maximum Gasteiger partial charge on any atom is 0.0820 e. The fraction of sp³-hybridized carbons (Fsp3) is 0.800.